The minimum Gasteiger partial charge on any atom is -0.321 e. The van der Waals surface area contributed by atoms with Crippen LogP contribution in [0.25, 0.3) is 11.1 Å². The van der Waals surface area contributed by atoms with E-state index in [-0.39, 0.29) is 32.4 Å². The van der Waals surface area contributed by atoms with E-state index in [1.54, 1.807) is 0 Å². The summed E-state index contributed by atoms with van der Waals surface area (Å²) in [6, 6.07) is 9.14. The summed E-state index contributed by atoms with van der Waals surface area (Å²) in [6.07, 6.45) is 0.987. The number of hydrogen-bond acceptors (Lipinski definition) is 4. The molecular weight excluding hydrogens is 430 g/mol. The fourth-order valence-electron chi connectivity index (χ4n) is 2.49. The van der Waals surface area contributed by atoms with E-state index >= 15 is 0 Å². The van der Waals surface area contributed by atoms with Gasteiger partial charge < -0.3 is 5.32 Å². The van der Waals surface area contributed by atoms with Gasteiger partial charge in [-0.1, -0.05) is 17.7 Å². The highest BCUT2D eigenvalue weighted by Gasteiger charge is 2.16. The lowest BCUT2D eigenvalue weighted by molar-refractivity contribution is 0.103. The number of nitrogens with one attached hydrogen (secondary N) is 2. The minimum absolute atomic E-state index is 0.186. The molecule has 146 valence electrons. The third-order valence-corrected chi connectivity index (χ3v) is 5.29. The molecule has 2 aromatic carbocycles. The molecule has 1 heterocycles. The lowest BCUT2D eigenvalue weighted by Gasteiger charge is -2.09. The molecule has 5 nitrogen and oxygen atoms in total. The standard InChI is InChI=1S/C18H13ClF2N2O3S2/c1-28(25,26)23-13-7-11(19)6-12(8-13)22-18(24)16-5-10(9-27-16)17-14(20)3-2-4-15(17)21/h2-9,23H,1H3,(H,22,24). The van der Waals surface area contributed by atoms with E-state index in [2.05, 4.69) is 10.0 Å². The van der Waals surface area contributed by atoms with E-state index in [0.717, 1.165) is 29.7 Å². The van der Waals surface area contributed by atoms with Gasteiger partial charge in [0, 0.05) is 10.7 Å². The van der Waals surface area contributed by atoms with E-state index in [0.29, 0.717) is 0 Å². The van der Waals surface area contributed by atoms with Crippen LogP contribution < -0.4 is 10.0 Å². The predicted molar refractivity (Wildman–Crippen MR) is 108 cm³/mol. The Balaban J connectivity index is 1.84. The normalized spacial score (nSPS) is 11.3. The molecule has 0 atom stereocenters. The number of carbonyl (C=O) groups excluding carboxylic acids is 1. The van der Waals surface area contributed by atoms with E-state index in [1.807, 2.05) is 0 Å². The molecular formula is C18H13ClF2N2O3S2. The lowest BCUT2D eigenvalue weighted by Crippen LogP contribution is -2.12. The largest absolute Gasteiger partial charge is 0.321 e. The molecule has 0 aliphatic heterocycles. The van der Waals surface area contributed by atoms with Crippen molar-refractivity contribution in [3.63, 3.8) is 0 Å². The van der Waals surface area contributed by atoms with Crippen LogP contribution in [0.4, 0.5) is 20.2 Å². The number of sulfonamides is 1. The molecule has 1 aromatic heterocycles. The quantitative estimate of drug-likeness (QED) is 0.585. The van der Waals surface area contributed by atoms with E-state index in [4.69, 9.17) is 11.6 Å². The third kappa shape index (κ3) is 4.86. The van der Waals surface area contributed by atoms with E-state index in [9.17, 15) is 22.0 Å². The highest BCUT2D eigenvalue weighted by molar-refractivity contribution is 7.92. The molecule has 0 fully saturated rings. The monoisotopic (exact) mass is 442 g/mol. The van der Waals surface area contributed by atoms with Crippen LogP contribution >= 0.6 is 22.9 Å². The summed E-state index contributed by atoms with van der Waals surface area (Å²) < 4.78 is 52.8. The number of amides is 1. The maximum Gasteiger partial charge on any atom is 0.265 e. The Morgan fingerprint density at radius 1 is 1.07 bits per heavy atom. The van der Waals surface area contributed by atoms with Gasteiger partial charge in [-0.3, -0.25) is 9.52 Å². The Hall–Kier alpha value is -2.49. The van der Waals surface area contributed by atoms with Gasteiger partial charge in [-0.25, -0.2) is 17.2 Å². The Labute approximate surface area is 169 Å². The Morgan fingerprint density at radius 2 is 1.71 bits per heavy atom. The van der Waals surface area contributed by atoms with Crippen molar-refractivity contribution in [1.29, 1.82) is 0 Å². The third-order valence-electron chi connectivity index (χ3n) is 3.53. The number of carbonyl (C=O) groups is 1. The van der Waals surface area contributed by atoms with Crippen LogP contribution in [0.2, 0.25) is 5.02 Å². The smallest absolute Gasteiger partial charge is 0.265 e. The topological polar surface area (TPSA) is 75.3 Å². The van der Waals surface area contributed by atoms with Gasteiger partial charge in [0.1, 0.15) is 11.6 Å². The summed E-state index contributed by atoms with van der Waals surface area (Å²) in [5.41, 5.74) is 0.484. The molecule has 3 aromatic rings. The maximum absolute atomic E-state index is 13.9. The summed E-state index contributed by atoms with van der Waals surface area (Å²) >= 11 is 6.98. The zero-order chi connectivity index (χ0) is 20.5. The lowest BCUT2D eigenvalue weighted by atomic mass is 10.1. The molecule has 10 heteroatoms. The first-order valence-corrected chi connectivity index (χ1v) is 10.9. The Kier molecular flexibility index (Phi) is 5.69. The summed E-state index contributed by atoms with van der Waals surface area (Å²) in [6.45, 7) is 0. The van der Waals surface area contributed by atoms with Crippen LogP contribution in [0.3, 0.4) is 0 Å². The number of rotatable bonds is 5. The number of anilines is 2. The summed E-state index contributed by atoms with van der Waals surface area (Å²) in [4.78, 5) is 12.7. The maximum atomic E-state index is 13.9. The van der Waals surface area contributed by atoms with Gasteiger partial charge >= 0.3 is 0 Å². The number of hydrogen-bond donors (Lipinski definition) is 2. The minimum atomic E-state index is -3.52. The average molecular weight is 443 g/mol. The molecule has 0 saturated heterocycles. The van der Waals surface area contributed by atoms with Crippen molar-refractivity contribution in [2.45, 2.75) is 0 Å². The second-order valence-corrected chi connectivity index (χ2v) is 8.95. The van der Waals surface area contributed by atoms with Crippen LogP contribution in [-0.2, 0) is 10.0 Å². The summed E-state index contributed by atoms with van der Waals surface area (Å²) in [5.74, 6) is -1.98. The molecule has 0 aliphatic carbocycles. The Morgan fingerprint density at radius 3 is 2.36 bits per heavy atom. The fraction of sp³-hybridized carbons (Fsp3) is 0.0556. The van der Waals surface area contributed by atoms with Crippen molar-refractivity contribution in [3.05, 3.63) is 69.4 Å². The first kappa shape index (κ1) is 20.2. The molecule has 0 saturated carbocycles. The molecule has 28 heavy (non-hydrogen) atoms. The van der Waals surface area contributed by atoms with Crippen LogP contribution in [0.1, 0.15) is 9.67 Å². The zero-order valence-electron chi connectivity index (χ0n) is 14.3. The van der Waals surface area contributed by atoms with Gasteiger partial charge in [-0.2, -0.15) is 0 Å². The number of thiophene rings is 1. The molecule has 1 amide bonds. The SMILES string of the molecule is CS(=O)(=O)Nc1cc(Cl)cc(NC(=O)c2cc(-c3c(F)cccc3F)cs2)c1. The van der Waals surface area contributed by atoms with Crippen molar-refractivity contribution in [3.8, 4) is 11.1 Å². The number of halogens is 3. The highest BCUT2D eigenvalue weighted by Crippen LogP contribution is 2.31. The highest BCUT2D eigenvalue weighted by atomic mass is 35.5. The molecule has 0 unspecified atom stereocenters. The van der Waals surface area contributed by atoms with Crippen LogP contribution in [0, 0.1) is 11.6 Å². The van der Waals surface area contributed by atoms with Crippen LogP contribution in [-0.4, -0.2) is 20.6 Å². The zero-order valence-corrected chi connectivity index (χ0v) is 16.7. The average Bonchev–Trinajstić information content (AvgIpc) is 3.02. The number of benzene rings is 2. The molecule has 2 N–H and O–H groups in total. The van der Waals surface area contributed by atoms with Gasteiger partial charge in [-0.05, 0) is 47.3 Å². The van der Waals surface area contributed by atoms with Gasteiger partial charge in [-0.15, -0.1) is 11.3 Å². The van der Waals surface area contributed by atoms with Crippen molar-refractivity contribution in [2.24, 2.45) is 0 Å². The van der Waals surface area contributed by atoms with E-state index < -0.39 is 27.6 Å². The van der Waals surface area contributed by atoms with Gasteiger partial charge in [0.25, 0.3) is 5.91 Å². The second kappa shape index (κ2) is 7.86. The second-order valence-electron chi connectivity index (χ2n) is 5.85. The van der Waals surface area contributed by atoms with Gasteiger partial charge in [0.2, 0.25) is 10.0 Å². The van der Waals surface area contributed by atoms with Crippen molar-refractivity contribution in [2.75, 3.05) is 16.3 Å². The fourth-order valence-corrected chi connectivity index (χ4v) is 4.06. The first-order valence-electron chi connectivity index (χ1n) is 7.75. The molecule has 0 spiro atoms. The molecule has 0 radical (unpaired) electrons. The predicted octanol–water partition coefficient (Wildman–Crippen LogP) is 4.97. The summed E-state index contributed by atoms with van der Waals surface area (Å²) in [5, 5.41) is 4.27. The van der Waals surface area contributed by atoms with Crippen LogP contribution in [0.5, 0.6) is 0 Å². The van der Waals surface area contributed by atoms with Crippen molar-refractivity contribution >= 4 is 50.2 Å². The van der Waals surface area contributed by atoms with E-state index in [1.165, 1.54) is 35.7 Å². The van der Waals surface area contributed by atoms with Crippen LogP contribution in [0.15, 0.2) is 47.8 Å². The molecule has 3 rings (SSSR count). The first-order chi connectivity index (χ1) is 13.1. The van der Waals surface area contributed by atoms with Gasteiger partial charge in [0.15, 0.2) is 0 Å². The Bertz CT molecular complexity index is 1140. The molecule has 0 bridgehead atoms. The van der Waals surface area contributed by atoms with Gasteiger partial charge in [0.05, 0.1) is 22.4 Å². The van der Waals surface area contributed by atoms with Crippen molar-refractivity contribution in [1.82, 2.24) is 0 Å². The van der Waals surface area contributed by atoms with Crippen molar-refractivity contribution < 1.29 is 22.0 Å². The molecule has 0 aliphatic rings. The summed E-state index contributed by atoms with van der Waals surface area (Å²) in [7, 11) is -3.52.